The van der Waals surface area contributed by atoms with Gasteiger partial charge in [-0.3, -0.25) is 4.90 Å². The van der Waals surface area contributed by atoms with E-state index in [-0.39, 0.29) is 0 Å². The van der Waals surface area contributed by atoms with Crippen molar-refractivity contribution in [3.8, 4) is 0 Å². The third-order valence-electron chi connectivity index (χ3n) is 3.00. The monoisotopic (exact) mass is 196 g/mol. The minimum absolute atomic E-state index is 0.409. The van der Waals surface area contributed by atoms with Gasteiger partial charge in [-0.2, -0.15) is 0 Å². The summed E-state index contributed by atoms with van der Waals surface area (Å²) in [6.45, 7) is 7.95. The summed E-state index contributed by atoms with van der Waals surface area (Å²) in [5, 5.41) is 0. The van der Waals surface area contributed by atoms with Crippen molar-refractivity contribution in [2.75, 3.05) is 19.6 Å². The van der Waals surface area contributed by atoms with Gasteiger partial charge in [-0.1, -0.05) is 25.0 Å². The van der Waals surface area contributed by atoms with Crippen LogP contribution in [0, 0.1) is 0 Å². The quantitative estimate of drug-likeness (QED) is 0.683. The molecule has 0 bridgehead atoms. The Morgan fingerprint density at radius 3 is 2.86 bits per heavy atom. The van der Waals surface area contributed by atoms with Crippen molar-refractivity contribution < 1.29 is 0 Å². The van der Waals surface area contributed by atoms with E-state index in [9.17, 15) is 0 Å². The van der Waals surface area contributed by atoms with Crippen LogP contribution in [0.3, 0.4) is 0 Å². The molecule has 2 nitrogen and oxygen atoms in total. The average Bonchev–Trinajstić information content (AvgIpc) is 2.17. The highest BCUT2D eigenvalue weighted by atomic mass is 15.1. The Morgan fingerprint density at radius 1 is 1.50 bits per heavy atom. The molecule has 0 aromatic heterocycles. The summed E-state index contributed by atoms with van der Waals surface area (Å²) in [5.41, 5.74) is 7.53. The predicted octanol–water partition coefficient (Wildman–Crippen LogP) is 2.16. The fraction of sp³-hybridized carbons (Fsp3) is 0.833. The van der Waals surface area contributed by atoms with Crippen LogP contribution in [-0.4, -0.2) is 30.6 Å². The van der Waals surface area contributed by atoms with Crippen molar-refractivity contribution in [1.82, 2.24) is 4.90 Å². The Balaban J connectivity index is 2.13. The van der Waals surface area contributed by atoms with Crippen LogP contribution in [0.1, 0.15) is 39.5 Å². The topological polar surface area (TPSA) is 29.3 Å². The smallest absolute Gasteiger partial charge is 0.0165 e. The van der Waals surface area contributed by atoms with Gasteiger partial charge in [0, 0.05) is 19.1 Å². The van der Waals surface area contributed by atoms with Crippen molar-refractivity contribution in [3.05, 3.63) is 11.6 Å². The van der Waals surface area contributed by atoms with E-state index < -0.39 is 0 Å². The SMILES string of the molecule is CCCC(N)CCN1CC=C(C)CC1. The van der Waals surface area contributed by atoms with Crippen molar-refractivity contribution in [3.63, 3.8) is 0 Å². The molecule has 0 aromatic rings. The molecular formula is C12H24N2. The first-order valence-corrected chi connectivity index (χ1v) is 5.86. The maximum absolute atomic E-state index is 5.99. The van der Waals surface area contributed by atoms with E-state index in [1.807, 2.05) is 0 Å². The lowest BCUT2D eigenvalue weighted by atomic mass is 10.1. The molecule has 0 fully saturated rings. The summed E-state index contributed by atoms with van der Waals surface area (Å²) in [6.07, 6.45) is 7.11. The van der Waals surface area contributed by atoms with Crippen LogP contribution in [-0.2, 0) is 0 Å². The zero-order valence-corrected chi connectivity index (χ0v) is 9.63. The van der Waals surface area contributed by atoms with E-state index in [1.54, 1.807) is 5.57 Å². The van der Waals surface area contributed by atoms with Gasteiger partial charge in [-0.05, 0) is 32.7 Å². The Hall–Kier alpha value is -0.340. The molecule has 1 aliphatic heterocycles. The maximum atomic E-state index is 5.99. The summed E-state index contributed by atoms with van der Waals surface area (Å²) < 4.78 is 0. The Kier molecular flexibility index (Phi) is 5.20. The number of nitrogens with two attached hydrogens (primary N) is 1. The van der Waals surface area contributed by atoms with Gasteiger partial charge in [-0.15, -0.1) is 0 Å². The highest BCUT2D eigenvalue weighted by Crippen LogP contribution is 2.10. The molecule has 82 valence electrons. The minimum Gasteiger partial charge on any atom is -0.328 e. The van der Waals surface area contributed by atoms with E-state index >= 15 is 0 Å². The van der Waals surface area contributed by atoms with Gasteiger partial charge in [0.05, 0.1) is 0 Å². The fourth-order valence-electron chi connectivity index (χ4n) is 1.88. The van der Waals surface area contributed by atoms with Gasteiger partial charge in [0.15, 0.2) is 0 Å². The lowest BCUT2D eigenvalue weighted by molar-refractivity contribution is 0.279. The van der Waals surface area contributed by atoms with Crippen LogP contribution in [0.2, 0.25) is 0 Å². The zero-order chi connectivity index (χ0) is 10.4. The van der Waals surface area contributed by atoms with Crippen molar-refractivity contribution in [2.24, 2.45) is 5.73 Å². The molecule has 0 aromatic carbocycles. The number of hydrogen-bond donors (Lipinski definition) is 1. The molecule has 0 saturated heterocycles. The van der Waals surface area contributed by atoms with Gasteiger partial charge in [0.2, 0.25) is 0 Å². The molecule has 2 heteroatoms. The minimum atomic E-state index is 0.409. The van der Waals surface area contributed by atoms with Gasteiger partial charge >= 0.3 is 0 Å². The lowest BCUT2D eigenvalue weighted by Gasteiger charge is -2.26. The summed E-state index contributed by atoms with van der Waals surface area (Å²) >= 11 is 0. The second-order valence-electron chi connectivity index (χ2n) is 4.44. The second kappa shape index (κ2) is 6.20. The van der Waals surface area contributed by atoms with Crippen molar-refractivity contribution >= 4 is 0 Å². The first kappa shape index (κ1) is 11.7. The maximum Gasteiger partial charge on any atom is 0.0165 e. The molecule has 1 atom stereocenters. The third kappa shape index (κ3) is 4.25. The highest BCUT2D eigenvalue weighted by molar-refractivity contribution is 5.03. The van der Waals surface area contributed by atoms with Crippen LogP contribution < -0.4 is 5.73 Å². The molecule has 1 heterocycles. The lowest BCUT2D eigenvalue weighted by Crippen LogP contribution is -2.33. The summed E-state index contributed by atoms with van der Waals surface area (Å²) in [7, 11) is 0. The van der Waals surface area contributed by atoms with Crippen molar-refractivity contribution in [2.45, 2.75) is 45.6 Å². The van der Waals surface area contributed by atoms with Gasteiger partial charge in [0.1, 0.15) is 0 Å². The number of rotatable bonds is 5. The fourth-order valence-corrected chi connectivity index (χ4v) is 1.88. The molecule has 0 amide bonds. The zero-order valence-electron chi connectivity index (χ0n) is 9.63. The van der Waals surface area contributed by atoms with Crippen LogP contribution in [0.15, 0.2) is 11.6 Å². The van der Waals surface area contributed by atoms with Crippen molar-refractivity contribution in [1.29, 1.82) is 0 Å². The third-order valence-corrected chi connectivity index (χ3v) is 3.00. The highest BCUT2D eigenvalue weighted by Gasteiger charge is 2.10. The largest absolute Gasteiger partial charge is 0.328 e. The second-order valence-corrected chi connectivity index (χ2v) is 4.44. The standard InChI is InChI=1S/C12H24N2/c1-3-4-12(13)7-10-14-8-5-11(2)6-9-14/h5,12H,3-4,6-10,13H2,1-2H3. The summed E-state index contributed by atoms with van der Waals surface area (Å²) in [6, 6.07) is 0.409. The van der Waals surface area contributed by atoms with Gasteiger partial charge in [-0.25, -0.2) is 0 Å². The van der Waals surface area contributed by atoms with Gasteiger partial charge in [0.25, 0.3) is 0 Å². The molecule has 2 N–H and O–H groups in total. The molecule has 14 heavy (non-hydrogen) atoms. The average molecular weight is 196 g/mol. The summed E-state index contributed by atoms with van der Waals surface area (Å²) in [4.78, 5) is 2.50. The van der Waals surface area contributed by atoms with Crippen LogP contribution in [0.25, 0.3) is 0 Å². The Labute approximate surface area is 88.2 Å². The summed E-state index contributed by atoms with van der Waals surface area (Å²) in [5.74, 6) is 0. The first-order chi connectivity index (χ1) is 6.72. The molecule has 0 radical (unpaired) electrons. The van der Waals surface area contributed by atoms with E-state index in [4.69, 9.17) is 5.73 Å². The molecular weight excluding hydrogens is 172 g/mol. The number of hydrogen-bond acceptors (Lipinski definition) is 2. The molecule has 0 saturated carbocycles. The number of nitrogens with zero attached hydrogens (tertiary/aromatic N) is 1. The van der Waals surface area contributed by atoms with Gasteiger partial charge < -0.3 is 5.73 Å². The molecule has 0 aliphatic carbocycles. The molecule has 1 rings (SSSR count). The normalized spacial score (nSPS) is 20.6. The van der Waals surface area contributed by atoms with E-state index in [2.05, 4.69) is 24.8 Å². The van der Waals surface area contributed by atoms with Crippen LogP contribution >= 0.6 is 0 Å². The van der Waals surface area contributed by atoms with E-state index in [0.717, 1.165) is 13.0 Å². The van der Waals surface area contributed by atoms with Crippen LogP contribution in [0.4, 0.5) is 0 Å². The molecule has 0 spiro atoms. The predicted molar refractivity (Wildman–Crippen MR) is 62.3 cm³/mol. The Morgan fingerprint density at radius 2 is 2.29 bits per heavy atom. The first-order valence-electron chi connectivity index (χ1n) is 5.86. The van der Waals surface area contributed by atoms with E-state index in [0.29, 0.717) is 6.04 Å². The molecule has 1 aliphatic rings. The Bertz CT molecular complexity index is 187. The van der Waals surface area contributed by atoms with Crippen LogP contribution in [0.5, 0.6) is 0 Å². The molecule has 1 unspecified atom stereocenters. The van der Waals surface area contributed by atoms with E-state index in [1.165, 1.54) is 32.4 Å².